The average molecular weight is 286 g/mol. The molecule has 1 aromatic rings. The van der Waals surface area contributed by atoms with Crippen LogP contribution in [0.2, 0.25) is 0 Å². The van der Waals surface area contributed by atoms with Crippen molar-refractivity contribution in [2.45, 2.75) is 75.7 Å². The van der Waals surface area contributed by atoms with Gasteiger partial charge in [-0.05, 0) is 32.6 Å². The third-order valence-electron chi connectivity index (χ3n) is 4.73. The molecule has 3 rings (SSSR count). The van der Waals surface area contributed by atoms with Crippen molar-refractivity contribution in [1.29, 1.82) is 0 Å². The summed E-state index contributed by atoms with van der Waals surface area (Å²) in [5.41, 5.74) is 6.21. The second kappa shape index (κ2) is 5.80. The number of halogens is 1. The van der Waals surface area contributed by atoms with Crippen molar-refractivity contribution in [2.75, 3.05) is 0 Å². The van der Waals surface area contributed by atoms with Crippen LogP contribution in [0.1, 0.15) is 81.8 Å². The van der Waals surface area contributed by atoms with Crippen LogP contribution in [-0.4, -0.2) is 15.7 Å². The van der Waals surface area contributed by atoms with Gasteiger partial charge in [0.2, 0.25) is 5.89 Å². The Morgan fingerprint density at radius 3 is 2.53 bits per heavy atom. The van der Waals surface area contributed by atoms with Crippen molar-refractivity contribution < 1.29 is 4.52 Å². The smallest absolute Gasteiger partial charge is 0.231 e. The SMILES string of the molecule is CC1(N)CCCCC1c1nc(C2CCCC2)no1.Cl. The van der Waals surface area contributed by atoms with Crippen molar-refractivity contribution in [3.63, 3.8) is 0 Å². The molecule has 2 fully saturated rings. The minimum atomic E-state index is -0.183. The van der Waals surface area contributed by atoms with Crippen LogP contribution in [0, 0.1) is 0 Å². The largest absolute Gasteiger partial charge is 0.339 e. The Hall–Kier alpha value is -0.610. The molecule has 2 aliphatic carbocycles. The van der Waals surface area contributed by atoms with Crippen LogP contribution in [0.5, 0.6) is 0 Å². The Labute approximate surface area is 120 Å². The Morgan fingerprint density at radius 2 is 1.84 bits per heavy atom. The third-order valence-corrected chi connectivity index (χ3v) is 4.73. The molecule has 2 aliphatic rings. The maximum atomic E-state index is 6.39. The molecular formula is C14H24ClN3O. The highest BCUT2D eigenvalue weighted by molar-refractivity contribution is 5.85. The molecule has 2 unspecified atom stereocenters. The predicted molar refractivity (Wildman–Crippen MR) is 76.6 cm³/mol. The van der Waals surface area contributed by atoms with Crippen molar-refractivity contribution in [1.82, 2.24) is 10.1 Å². The van der Waals surface area contributed by atoms with Gasteiger partial charge in [-0.2, -0.15) is 4.98 Å². The molecule has 108 valence electrons. The summed E-state index contributed by atoms with van der Waals surface area (Å²) in [4.78, 5) is 4.65. The van der Waals surface area contributed by atoms with E-state index >= 15 is 0 Å². The van der Waals surface area contributed by atoms with E-state index in [1.54, 1.807) is 0 Å². The van der Waals surface area contributed by atoms with E-state index in [4.69, 9.17) is 10.3 Å². The van der Waals surface area contributed by atoms with Crippen LogP contribution in [-0.2, 0) is 0 Å². The van der Waals surface area contributed by atoms with Crippen LogP contribution < -0.4 is 5.73 Å². The molecule has 2 N–H and O–H groups in total. The molecule has 4 nitrogen and oxygen atoms in total. The van der Waals surface area contributed by atoms with Crippen molar-refractivity contribution >= 4 is 12.4 Å². The van der Waals surface area contributed by atoms with Gasteiger partial charge in [0.05, 0.1) is 5.92 Å². The minimum absolute atomic E-state index is 0. The summed E-state index contributed by atoms with van der Waals surface area (Å²) in [6, 6.07) is 0. The second-order valence-corrected chi connectivity index (χ2v) is 6.28. The van der Waals surface area contributed by atoms with E-state index in [-0.39, 0.29) is 23.9 Å². The van der Waals surface area contributed by atoms with Crippen LogP contribution in [0.3, 0.4) is 0 Å². The highest BCUT2D eigenvalue weighted by atomic mass is 35.5. The maximum absolute atomic E-state index is 6.39. The van der Waals surface area contributed by atoms with Gasteiger partial charge in [0.1, 0.15) is 0 Å². The number of hydrogen-bond acceptors (Lipinski definition) is 4. The lowest BCUT2D eigenvalue weighted by molar-refractivity contribution is 0.222. The molecule has 0 bridgehead atoms. The molecule has 19 heavy (non-hydrogen) atoms. The highest BCUT2D eigenvalue weighted by Gasteiger charge is 2.38. The van der Waals surface area contributed by atoms with Gasteiger partial charge in [-0.15, -0.1) is 12.4 Å². The summed E-state index contributed by atoms with van der Waals surface area (Å²) in [5, 5.41) is 4.20. The summed E-state index contributed by atoms with van der Waals surface area (Å²) in [5.74, 6) is 2.47. The number of hydrogen-bond donors (Lipinski definition) is 1. The third kappa shape index (κ3) is 2.95. The fraction of sp³-hybridized carbons (Fsp3) is 0.857. The molecule has 0 spiro atoms. The summed E-state index contributed by atoms with van der Waals surface area (Å²) in [6.07, 6.45) is 9.59. The van der Waals surface area contributed by atoms with Crippen LogP contribution in [0.15, 0.2) is 4.52 Å². The molecule has 2 atom stereocenters. The molecule has 1 heterocycles. The van der Waals surface area contributed by atoms with Crippen molar-refractivity contribution in [3.8, 4) is 0 Å². The molecule has 2 saturated carbocycles. The van der Waals surface area contributed by atoms with Gasteiger partial charge in [0, 0.05) is 11.5 Å². The van der Waals surface area contributed by atoms with Crippen LogP contribution in [0.4, 0.5) is 0 Å². The Bertz CT molecular complexity index is 413. The molecule has 0 aliphatic heterocycles. The van der Waals surface area contributed by atoms with Crippen molar-refractivity contribution in [3.05, 3.63) is 11.7 Å². The molecule has 1 aromatic heterocycles. The molecule has 0 radical (unpaired) electrons. The van der Waals surface area contributed by atoms with Crippen molar-refractivity contribution in [2.24, 2.45) is 5.73 Å². The number of rotatable bonds is 2. The van der Waals surface area contributed by atoms with Gasteiger partial charge in [-0.1, -0.05) is 30.8 Å². The maximum Gasteiger partial charge on any atom is 0.231 e. The van der Waals surface area contributed by atoms with E-state index in [1.165, 1.54) is 38.5 Å². The zero-order valence-corrected chi connectivity index (χ0v) is 12.4. The zero-order chi connectivity index (χ0) is 12.6. The van der Waals surface area contributed by atoms with E-state index < -0.39 is 0 Å². The van der Waals surface area contributed by atoms with Gasteiger partial charge in [-0.3, -0.25) is 0 Å². The molecule has 0 saturated heterocycles. The van der Waals surface area contributed by atoms with Gasteiger partial charge >= 0.3 is 0 Å². The fourth-order valence-electron chi connectivity index (χ4n) is 3.50. The predicted octanol–water partition coefficient (Wildman–Crippen LogP) is 3.52. The normalized spacial score (nSPS) is 32.2. The molecule has 0 amide bonds. The highest BCUT2D eigenvalue weighted by Crippen LogP contribution is 2.39. The number of nitrogens with zero attached hydrogens (tertiary/aromatic N) is 2. The summed E-state index contributed by atoms with van der Waals surface area (Å²) < 4.78 is 5.51. The van der Waals surface area contributed by atoms with Gasteiger partial charge < -0.3 is 10.3 Å². The van der Waals surface area contributed by atoms with Gasteiger partial charge in [-0.25, -0.2) is 0 Å². The van der Waals surface area contributed by atoms with E-state index in [2.05, 4.69) is 17.1 Å². The standard InChI is InChI=1S/C14H23N3O.ClH/c1-14(15)9-5-4-8-11(14)13-16-12(17-18-13)10-6-2-3-7-10;/h10-11H,2-9,15H2,1H3;1H. The summed E-state index contributed by atoms with van der Waals surface area (Å²) in [7, 11) is 0. The second-order valence-electron chi connectivity index (χ2n) is 6.28. The van der Waals surface area contributed by atoms with Crippen LogP contribution >= 0.6 is 12.4 Å². The molecule has 5 heteroatoms. The Morgan fingerprint density at radius 1 is 1.16 bits per heavy atom. The summed E-state index contributed by atoms with van der Waals surface area (Å²) >= 11 is 0. The number of nitrogens with two attached hydrogens (primary N) is 1. The van der Waals surface area contributed by atoms with E-state index in [1.807, 2.05) is 0 Å². The molecular weight excluding hydrogens is 262 g/mol. The quantitative estimate of drug-likeness (QED) is 0.903. The topological polar surface area (TPSA) is 64.9 Å². The van der Waals surface area contributed by atoms with E-state index in [9.17, 15) is 0 Å². The van der Waals surface area contributed by atoms with E-state index in [0.717, 1.165) is 24.6 Å². The first kappa shape index (κ1) is 14.8. The number of aromatic nitrogens is 2. The monoisotopic (exact) mass is 285 g/mol. The first-order chi connectivity index (χ1) is 8.67. The first-order valence-corrected chi connectivity index (χ1v) is 7.29. The lowest BCUT2D eigenvalue weighted by Crippen LogP contribution is -2.44. The molecule has 0 aromatic carbocycles. The summed E-state index contributed by atoms with van der Waals surface area (Å²) in [6.45, 7) is 2.12. The average Bonchev–Trinajstić information content (AvgIpc) is 2.99. The van der Waals surface area contributed by atoms with E-state index in [0.29, 0.717) is 5.92 Å². The van der Waals surface area contributed by atoms with Gasteiger partial charge in [0.25, 0.3) is 0 Å². The Balaban J connectivity index is 0.00000133. The minimum Gasteiger partial charge on any atom is -0.339 e. The fourth-order valence-corrected chi connectivity index (χ4v) is 3.50. The van der Waals surface area contributed by atoms with Gasteiger partial charge in [0.15, 0.2) is 5.82 Å². The Kier molecular flexibility index (Phi) is 4.51. The first-order valence-electron chi connectivity index (χ1n) is 7.29. The lowest BCUT2D eigenvalue weighted by atomic mass is 9.74. The zero-order valence-electron chi connectivity index (χ0n) is 11.6. The lowest BCUT2D eigenvalue weighted by Gasteiger charge is -2.35. The van der Waals surface area contributed by atoms with Crippen LogP contribution in [0.25, 0.3) is 0 Å².